The van der Waals surface area contributed by atoms with E-state index in [0.717, 1.165) is 45.1 Å². The third kappa shape index (κ3) is 2.93. The number of hydrogen-bond acceptors (Lipinski definition) is 4. The molecule has 0 N–H and O–H groups in total. The molecule has 4 aliphatic carbocycles. The number of hydrogen-bond donors (Lipinski definition) is 0. The van der Waals surface area contributed by atoms with E-state index < -0.39 is 0 Å². The predicted octanol–water partition coefficient (Wildman–Crippen LogP) is 3.47. The normalized spacial score (nSPS) is 44.4. The van der Waals surface area contributed by atoms with E-state index in [-0.39, 0.29) is 22.6 Å². The van der Waals surface area contributed by atoms with E-state index >= 15 is 0 Å². The van der Waals surface area contributed by atoms with E-state index in [1.54, 1.807) is 0 Å². The van der Waals surface area contributed by atoms with E-state index in [9.17, 15) is 4.79 Å². The Bertz CT molecular complexity index is 480. The van der Waals surface area contributed by atoms with E-state index in [0.29, 0.717) is 24.5 Å². The summed E-state index contributed by atoms with van der Waals surface area (Å²) in [5.74, 6) is 1.30. The van der Waals surface area contributed by atoms with Crippen LogP contribution in [0, 0.1) is 17.3 Å². The Kier molecular flexibility index (Phi) is 3.59. The molecule has 1 saturated heterocycles. The van der Waals surface area contributed by atoms with Crippen molar-refractivity contribution < 1.29 is 19.0 Å². The van der Waals surface area contributed by atoms with Crippen molar-refractivity contribution in [1.29, 1.82) is 0 Å². The molecular formula is C19H30O4. The van der Waals surface area contributed by atoms with E-state index in [4.69, 9.17) is 14.2 Å². The summed E-state index contributed by atoms with van der Waals surface area (Å²) in [6.07, 6.45) is 7.68. The lowest BCUT2D eigenvalue weighted by atomic mass is 9.52. The maximum atomic E-state index is 12.7. The smallest absolute Gasteiger partial charge is 0.312 e. The average molecular weight is 322 g/mol. The zero-order chi connectivity index (χ0) is 16.3. The van der Waals surface area contributed by atoms with Crippen LogP contribution in [0.5, 0.6) is 0 Å². The van der Waals surface area contributed by atoms with Crippen molar-refractivity contribution >= 4 is 5.97 Å². The molecule has 1 heterocycles. The van der Waals surface area contributed by atoms with Crippen LogP contribution in [-0.4, -0.2) is 36.5 Å². The van der Waals surface area contributed by atoms with E-state index in [1.807, 2.05) is 13.8 Å². The summed E-state index contributed by atoms with van der Waals surface area (Å²) in [6.45, 7) is 7.60. The molecule has 5 rings (SSSR count). The molecule has 0 aromatic rings. The molecule has 1 aliphatic heterocycles. The summed E-state index contributed by atoms with van der Waals surface area (Å²) in [7, 11) is 0. The van der Waals surface area contributed by atoms with Crippen LogP contribution in [0.3, 0.4) is 0 Å². The van der Waals surface area contributed by atoms with Gasteiger partial charge in [0.05, 0.1) is 24.2 Å². The fourth-order valence-corrected chi connectivity index (χ4v) is 5.30. The topological polar surface area (TPSA) is 48.1 Å². The highest BCUT2D eigenvalue weighted by Gasteiger charge is 2.61. The molecule has 4 nitrogen and oxygen atoms in total. The number of carbonyl (C=O) groups excluding carboxylic acids is 1. The van der Waals surface area contributed by atoms with Gasteiger partial charge in [0.1, 0.15) is 11.7 Å². The lowest BCUT2D eigenvalue weighted by Gasteiger charge is -2.61. The third-order valence-corrected chi connectivity index (χ3v) is 6.68. The number of esters is 1. The second-order valence-electron chi connectivity index (χ2n) is 9.22. The fraction of sp³-hybridized carbons (Fsp3) is 0.947. The standard InChI is InChI=1S/C19H30O4/c1-4-17(2,3)16(20)23-19-8-13-5-14(9-19)7-18(6-13,12-19)22-11-15-10-21-15/h13-15H,4-12H2,1-3H3. The van der Waals surface area contributed by atoms with Gasteiger partial charge in [0.2, 0.25) is 0 Å². The van der Waals surface area contributed by atoms with Crippen molar-refractivity contribution in [3.05, 3.63) is 0 Å². The quantitative estimate of drug-likeness (QED) is 0.555. The van der Waals surface area contributed by atoms with Gasteiger partial charge in [-0.1, -0.05) is 6.92 Å². The maximum absolute atomic E-state index is 12.7. The second-order valence-corrected chi connectivity index (χ2v) is 9.22. The minimum absolute atomic E-state index is 0.0253. The van der Waals surface area contributed by atoms with Gasteiger partial charge in [-0.05, 0) is 64.2 Å². The SMILES string of the molecule is CCC(C)(C)C(=O)OC12CC3CC(CC(OCC4CO4)(C3)C1)C2. The third-order valence-electron chi connectivity index (χ3n) is 6.68. The molecule has 5 fully saturated rings. The van der Waals surface area contributed by atoms with Crippen molar-refractivity contribution in [2.75, 3.05) is 13.2 Å². The largest absolute Gasteiger partial charge is 0.459 e. The van der Waals surface area contributed by atoms with Gasteiger partial charge >= 0.3 is 5.97 Å². The molecule has 3 atom stereocenters. The molecule has 4 bridgehead atoms. The van der Waals surface area contributed by atoms with Crippen LogP contribution < -0.4 is 0 Å². The molecule has 4 heteroatoms. The summed E-state index contributed by atoms with van der Waals surface area (Å²) >= 11 is 0. The minimum atomic E-state index is -0.390. The van der Waals surface area contributed by atoms with E-state index in [2.05, 4.69) is 6.92 Å². The van der Waals surface area contributed by atoms with Crippen molar-refractivity contribution in [1.82, 2.24) is 0 Å². The first-order valence-corrected chi connectivity index (χ1v) is 9.33. The molecule has 4 saturated carbocycles. The molecule has 3 unspecified atom stereocenters. The highest BCUT2D eigenvalue weighted by molar-refractivity contribution is 5.76. The van der Waals surface area contributed by atoms with Crippen molar-refractivity contribution in [2.45, 2.75) is 83.0 Å². The highest BCUT2D eigenvalue weighted by Crippen LogP contribution is 2.60. The Hall–Kier alpha value is -0.610. The van der Waals surface area contributed by atoms with Gasteiger partial charge in [-0.3, -0.25) is 4.79 Å². The molecular weight excluding hydrogens is 292 g/mol. The molecule has 0 spiro atoms. The Labute approximate surface area is 139 Å². The van der Waals surface area contributed by atoms with Gasteiger partial charge in [-0.2, -0.15) is 0 Å². The number of ether oxygens (including phenoxy) is 3. The van der Waals surface area contributed by atoms with Gasteiger partial charge in [0.25, 0.3) is 0 Å². The zero-order valence-electron chi connectivity index (χ0n) is 14.7. The lowest BCUT2D eigenvalue weighted by Crippen LogP contribution is -2.62. The zero-order valence-corrected chi connectivity index (χ0v) is 14.7. The monoisotopic (exact) mass is 322 g/mol. The van der Waals surface area contributed by atoms with Crippen LogP contribution in [0.1, 0.15) is 65.7 Å². The van der Waals surface area contributed by atoms with E-state index in [1.165, 1.54) is 6.42 Å². The van der Waals surface area contributed by atoms with Gasteiger partial charge in [0, 0.05) is 6.42 Å². The summed E-state index contributed by atoms with van der Waals surface area (Å²) in [5, 5.41) is 0. The maximum Gasteiger partial charge on any atom is 0.312 e. The summed E-state index contributed by atoms with van der Waals surface area (Å²) < 4.78 is 17.9. The number of carbonyl (C=O) groups is 1. The van der Waals surface area contributed by atoms with Gasteiger partial charge in [-0.15, -0.1) is 0 Å². The minimum Gasteiger partial charge on any atom is -0.459 e. The van der Waals surface area contributed by atoms with Crippen molar-refractivity contribution in [3.63, 3.8) is 0 Å². The fourth-order valence-electron chi connectivity index (χ4n) is 5.30. The first-order chi connectivity index (χ1) is 10.8. The first kappa shape index (κ1) is 15.9. The van der Waals surface area contributed by atoms with Crippen LogP contribution in [0.15, 0.2) is 0 Å². The molecule has 0 amide bonds. The van der Waals surface area contributed by atoms with Gasteiger partial charge in [-0.25, -0.2) is 0 Å². The number of epoxide rings is 1. The van der Waals surface area contributed by atoms with Crippen LogP contribution in [-0.2, 0) is 19.0 Å². The van der Waals surface area contributed by atoms with Crippen LogP contribution in [0.4, 0.5) is 0 Å². The molecule has 23 heavy (non-hydrogen) atoms. The Balaban J connectivity index is 1.51. The Morgan fingerprint density at radius 3 is 2.35 bits per heavy atom. The van der Waals surface area contributed by atoms with Gasteiger partial charge in [0.15, 0.2) is 0 Å². The van der Waals surface area contributed by atoms with Crippen LogP contribution in [0.25, 0.3) is 0 Å². The van der Waals surface area contributed by atoms with Gasteiger partial charge < -0.3 is 14.2 Å². The Morgan fingerprint density at radius 1 is 1.17 bits per heavy atom. The summed E-state index contributed by atoms with van der Waals surface area (Å²) in [4.78, 5) is 12.7. The predicted molar refractivity (Wildman–Crippen MR) is 86.0 cm³/mol. The molecule has 130 valence electrons. The van der Waals surface area contributed by atoms with Crippen molar-refractivity contribution in [3.8, 4) is 0 Å². The lowest BCUT2D eigenvalue weighted by molar-refractivity contribution is -0.238. The number of rotatable bonds is 6. The molecule has 0 radical (unpaired) electrons. The van der Waals surface area contributed by atoms with Crippen LogP contribution in [0.2, 0.25) is 0 Å². The summed E-state index contributed by atoms with van der Waals surface area (Å²) in [6, 6.07) is 0. The average Bonchev–Trinajstić information content (AvgIpc) is 3.27. The first-order valence-electron chi connectivity index (χ1n) is 9.33. The Morgan fingerprint density at radius 2 is 1.78 bits per heavy atom. The summed E-state index contributed by atoms with van der Waals surface area (Å²) in [5.41, 5.74) is -0.718. The van der Waals surface area contributed by atoms with Crippen molar-refractivity contribution in [2.24, 2.45) is 17.3 Å². The van der Waals surface area contributed by atoms with Crippen LogP contribution >= 0.6 is 0 Å². The molecule has 0 aromatic carbocycles. The molecule has 5 aliphatic rings. The second kappa shape index (κ2) is 5.19. The molecule has 0 aromatic heterocycles. The highest BCUT2D eigenvalue weighted by atomic mass is 16.6.